The molecule has 0 unspecified atom stereocenters. The van der Waals surface area contributed by atoms with Crippen molar-refractivity contribution in [2.24, 2.45) is 0 Å². The minimum atomic E-state index is -0.149. The number of rotatable bonds is 6. The van der Waals surface area contributed by atoms with Gasteiger partial charge in [0.25, 0.3) is 5.91 Å². The van der Waals surface area contributed by atoms with Gasteiger partial charge in [-0.25, -0.2) is 4.98 Å². The maximum atomic E-state index is 13.1. The molecule has 1 N–H and O–H groups in total. The van der Waals surface area contributed by atoms with Crippen LogP contribution in [0.3, 0.4) is 0 Å². The van der Waals surface area contributed by atoms with Gasteiger partial charge in [0, 0.05) is 49.3 Å². The van der Waals surface area contributed by atoms with Crippen LogP contribution in [0.15, 0.2) is 65.2 Å². The van der Waals surface area contributed by atoms with Crippen molar-refractivity contribution in [2.45, 2.75) is 25.8 Å². The average molecular weight is 456 g/mol. The van der Waals surface area contributed by atoms with Crippen molar-refractivity contribution in [2.75, 3.05) is 37.4 Å². The second-order valence-electron chi connectivity index (χ2n) is 9.00. The van der Waals surface area contributed by atoms with Gasteiger partial charge < -0.3 is 14.6 Å². The van der Waals surface area contributed by atoms with Crippen LogP contribution in [0.1, 0.15) is 35.2 Å². The fourth-order valence-corrected chi connectivity index (χ4v) is 4.38. The van der Waals surface area contributed by atoms with Crippen LogP contribution in [0, 0.1) is 0 Å². The van der Waals surface area contributed by atoms with Gasteiger partial charge in [-0.15, -0.1) is 0 Å². The molecule has 0 aliphatic carbocycles. The van der Waals surface area contributed by atoms with Gasteiger partial charge in [-0.2, -0.15) is 4.98 Å². The van der Waals surface area contributed by atoms with Crippen molar-refractivity contribution in [1.82, 2.24) is 14.9 Å². The molecule has 1 aliphatic heterocycles. The number of fused-ring (bicyclic) bond motifs is 1. The summed E-state index contributed by atoms with van der Waals surface area (Å²) >= 11 is 0. The number of anilines is 2. The molecule has 7 nitrogen and oxygen atoms in total. The van der Waals surface area contributed by atoms with Gasteiger partial charge in [0.05, 0.1) is 0 Å². The number of pyridine rings is 1. The minimum Gasteiger partial charge on any atom is -0.434 e. The van der Waals surface area contributed by atoms with E-state index in [2.05, 4.69) is 26.3 Å². The van der Waals surface area contributed by atoms with Gasteiger partial charge in [-0.1, -0.05) is 12.5 Å². The van der Waals surface area contributed by atoms with E-state index in [0.717, 1.165) is 42.1 Å². The Kier molecular flexibility index (Phi) is 6.27. The molecule has 0 saturated carbocycles. The van der Waals surface area contributed by atoms with Crippen LogP contribution in [-0.2, 0) is 6.54 Å². The summed E-state index contributed by atoms with van der Waals surface area (Å²) in [5.41, 5.74) is 5.47. The number of hydrogen-bond donors (Lipinski definition) is 1. The molecule has 0 spiro atoms. The highest BCUT2D eigenvalue weighted by Gasteiger charge is 2.16. The van der Waals surface area contributed by atoms with Crippen molar-refractivity contribution in [3.8, 4) is 11.5 Å². The number of hydrogen-bond acceptors (Lipinski definition) is 6. The molecule has 0 atom stereocenters. The fourth-order valence-electron chi connectivity index (χ4n) is 4.38. The molecule has 34 heavy (non-hydrogen) atoms. The summed E-state index contributed by atoms with van der Waals surface area (Å²) in [6.07, 6.45) is 5.44. The molecule has 4 aromatic rings. The second-order valence-corrected chi connectivity index (χ2v) is 9.00. The molecule has 1 fully saturated rings. The first-order valence-electron chi connectivity index (χ1n) is 11.7. The molecule has 7 heteroatoms. The van der Waals surface area contributed by atoms with Crippen LogP contribution in [0.4, 0.5) is 11.4 Å². The lowest BCUT2D eigenvalue weighted by Gasteiger charge is -2.26. The predicted molar refractivity (Wildman–Crippen MR) is 135 cm³/mol. The largest absolute Gasteiger partial charge is 0.434 e. The standard InChI is InChI=1S/C27H29N5O2/c1-31(2)23-9-6-8-20(17-23)26(33)29-22-15-19(18-32-12-4-3-5-13-32)14-21(16-22)27-30-25-24(34-27)10-7-11-28-25/h6-11,14-17H,3-5,12-13,18H2,1-2H3,(H,29,33). The molecule has 0 bridgehead atoms. The highest BCUT2D eigenvalue weighted by Crippen LogP contribution is 2.28. The van der Waals surface area contributed by atoms with Gasteiger partial charge in [-0.3, -0.25) is 9.69 Å². The van der Waals surface area contributed by atoms with Gasteiger partial charge in [-0.05, 0) is 80.0 Å². The SMILES string of the molecule is CN(C)c1cccc(C(=O)Nc2cc(CN3CCCCC3)cc(-c3nc4ncccc4o3)c2)c1. The molecular formula is C27H29N5O2. The molecule has 2 aromatic heterocycles. The first-order valence-corrected chi connectivity index (χ1v) is 11.7. The minimum absolute atomic E-state index is 0.149. The summed E-state index contributed by atoms with van der Waals surface area (Å²) in [5, 5.41) is 3.08. The Balaban J connectivity index is 1.47. The monoisotopic (exact) mass is 455 g/mol. The average Bonchev–Trinajstić information content (AvgIpc) is 3.29. The van der Waals surface area contributed by atoms with E-state index in [1.165, 1.54) is 19.3 Å². The lowest BCUT2D eigenvalue weighted by molar-refractivity contribution is 0.102. The maximum Gasteiger partial charge on any atom is 0.255 e. The number of carbonyl (C=O) groups is 1. The summed E-state index contributed by atoms with van der Waals surface area (Å²) in [5.74, 6) is 0.350. The molecule has 0 radical (unpaired) electrons. The van der Waals surface area contributed by atoms with E-state index in [1.807, 2.05) is 67.5 Å². The third-order valence-corrected chi connectivity index (χ3v) is 6.14. The summed E-state index contributed by atoms with van der Waals surface area (Å²) in [7, 11) is 3.92. The Labute approximate surface area is 199 Å². The van der Waals surface area contributed by atoms with E-state index in [-0.39, 0.29) is 5.91 Å². The van der Waals surface area contributed by atoms with E-state index in [4.69, 9.17) is 4.42 Å². The summed E-state index contributed by atoms with van der Waals surface area (Å²) in [6, 6.07) is 17.3. The van der Waals surface area contributed by atoms with Crippen LogP contribution in [-0.4, -0.2) is 48.0 Å². The number of nitrogens with zero attached hydrogens (tertiary/aromatic N) is 4. The van der Waals surface area contributed by atoms with E-state index in [9.17, 15) is 4.79 Å². The lowest BCUT2D eigenvalue weighted by Crippen LogP contribution is -2.29. The first-order chi connectivity index (χ1) is 16.5. The summed E-state index contributed by atoms with van der Waals surface area (Å²) < 4.78 is 5.98. The first kappa shape index (κ1) is 22.1. The zero-order valence-electron chi connectivity index (χ0n) is 19.6. The Hall–Kier alpha value is -3.71. The van der Waals surface area contributed by atoms with Gasteiger partial charge in [0.1, 0.15) is 0 Å². The van der Waals surface area contributed by atoms with E-state index in [1.54, 1.807) is 6.20 Å². The number of likely N-dealkylation sites (tertiary alicyclic amines) is 1. The van der Waals surface area contributed by atoms with Gasteiger partial charge in [0.15, 0.2) is 11.2 Å². The molecule has 2 aromatic carbocycles. The van der Waals surface area contributed by atoms with E-state index >= 15 is 0 Å². The maximum absolute atomic E-state index is 13.1. The van der Waals surface area contributed by atoms with Crippen molar-refractivity contribution < 1.29 is 9.21 Å². The molecule has 174 valence electrons. The molecule has 5 rings (SSSR count). The third-order valence-electron chi connectivity index (χ3n) is 6.14. The molecule has 1 saturated heterocycles. The topological polar surface area (TPSA) is 74.5 Å². The van der Waals surface area contributed by atoms with Gasteiger partial charge >= 0.3 is 0 Å². The van der Waals surface area contributed by atoms with E-state index < -0.39 is 0 Å². The van der Waals surface area contributed by atoms with Crippen LogP contribution in [0.25, 0.3) is 22.7 Å². The highest BCUT2D eigenvalue weighted by atomic mass is 16.3. The number of benzene rings is 2. The molecule has 3 heterocycles. The number of carbonyl (C=O) groups excluding carboxylic acids is 1. The van der Waals surface area contributed by atoms with Crippen molar-refractivity contribution in [1.29, 1.82) is 0 Å². The molecular weight excluding hydrogens is 426 g/mol. The summed E-state index contributed by atoms with van der Waals surface area (Å²) in [6.45, 7) is 3.01. The van der Waals surface area contributed by atoms with Crippen LogP contribution in [0.2, 0.25) is 0 Å². The number of aromatic nitrogens is 2. The molecule has 1 amide bonds. The zero-order valence-corrected chi connectivity index (χ0v) is 19.6. The lowest BCUT2D eigenvalue weighted by atomic mass is 10.1. The Morgan fingerprint density at radius 1 is 1.06 bits per heavy atom. The van der Waals surface area contributed by atoms with Crippen molar-refractivity contribution in [3.63, 3.8) is 0 Å². The van der Waals surface area contributed by atoms with Crippen molar-refractivity contribution >= 4 is 28.5 Å². The van der Waals surface area contributed by atoms with Crippen molar-refractivity contribution in [3.05, 3.63) is 71.9 Å². The quantitative estimate of drug-likeness (QED) is 0.431. The number of piperidine rings is 1. The normalized spacial score (nSPS) is 14.3. The predicted octanol–water partition coefficient (Wildman–Crippen LogP) is 5.19. The fraction of sp³-hybridized carbons (Fsp3) is 0.296. The Morgan fingerprint density at radius 3 is 2.71 bits per heavy atom. The molecule has 1 aliphatic rings. The second kappa shape index (κ2) is 9.65. The number of nitrogens with one attached hydrogen (secondary N) is 1. The third kappa shape index (κ3) is 4.94. The summed E-state index contributed by atoms with van der Waals surface area (Å²) in [4.78, 5) is 26.4. The van der Waals surface area contributed by atoms with Crippen LogP contribution in [0.5, 0.6) is 0 Å². The van der Waals surface area contributed by atoms with Crippen LogP contribution < -0.4 is 10.2 Å². The highest BCUT2D eigenvalue weighted by molar-refractivity contribution is 6.05. The van der Waals surface area contributed by atoms with Crippen LogP contribution >= 0.6 is 0 Å². The van der Waals surface area contributed by atoms with E-state index in [0.29, 0.717) is 22.7 Å². The number of amides is 1. The zero-order chi connectivity index (χ0) is 23.5. The Bertz CT molecular complexity index is 1270. The Morgan fingerprint density at radius 2 is 1.91 bits per heavy atom. The smallest absolute Gasteiger partial charge is 0.255 e. The number of oxazole rings is 1. The van der Waals surface area contributed by atoms with Gasteiger partial charge in [0.2, 0.25) is 5.89 Å².